The Morgan fingerprint density at radius 2 is 1.16 bits per heavy atom. The largest absolute Gasteiger partial charge is 0.495 e. The van der Waals surface area contributed by atoms with Crippen molar-refractivity contribution in [2.45, 2.75) is 143 Å². The van der Waals surface area contributed by atoms with Crippen LogP contribution in [0.1, 0.15) is 163 Å². The van der Waals surface area contributed by atoms with Crippen LogP contribution >= 0.6 is 34.0 Å². The Morgan fingerprint density at radius 3 is 1.73 bits per heavy atom. The number of anilines is 1. The van der Waals surface area contributed by atoms with Gasteiger partial charge >= 0.3 is 0 Å². The minimum absolute atomic E-state index is 0.0313. The lowest BCUT2D eigenvalue weighted by molar-refractivity contribution is 0.0924. The molecule has 56 heavy (non-hydrogen) atoms. The van der Waals surface area contributed by atoms with Gasteiger partial charge in [0.15, 0.2) is 0 Å². The maximum atomic E-state index is 14.6. The fourth-order valence-electron chi connectivity index (χ4n) is 7.47. The number of methoxy groups -OCH3 is 1. The van der Waals surface area contributed by atoms with Gasteiger partial charge in [0, 0.05) is 25.4 Å². The number of ether oxygens (including phenoxy) is 3. The van der Waals surface area contributed by atoms with Gasteiger partial charge in [0.2, 0.25) is 0 Å². The van der Waals surface area contributed by atoms with Crippen molar-refractivity contribution >= 4 is 71.7 Å². The van der Waals surface area contributed by atoms with Crippen LogP contribution in [0, 0.1) is 0 Å². The standard InChI is InChI=1S/C47H61NO5S3/c1-10-12-14-16-18-22-26-52-38-30-28-34(54-40(30)39(53-27-23-19-17-15-13-11-2)31-29-35(46(3,4)5)55-41(31)38)42-36-37(43(56-42)47(6,7)8)45(50)48(44(36)49)32-24-20-21-25-33(32)51-9/h20-21,24-25,28-29H,10-19,22-23,26-27H2,1-9H3. The first-order valence-electron chi connectivity index (χ1n) is 20.8. The number of fused-ring (bicyclic) bond motifs is 3. The number of carbonyl (C=O) groups excluding carboxylic acids is 2. The van der Waals surface area contributed by atoms with Gasteiger partial charge in [-0.05, 0) is 47.9 Å². The fourth-order valence-corrected chi connectivity index (χ4v) is 11.3. The SMILES string of the molecule is CCCCCCCCOc1c2cc(C(C)(C)C)sc2c(OCCCCCCCC)c2cc(-c3sc(C(C)(C)C)c4c3C(=O)N(c3ccccc3OC)C4=O)sc12. The van der Waals surface area contributed by atoms with Crippen LogP contribution in [0.15, 0.2) is 36.4 Å². The zero-order chi connectivity index (χ0) is 40.2. The second-order valence-corrected chi connectivity index (χ2v) is 20.4. The van der Waals surface area contributed by atoms with Crippen molar-refractivity contribution in [2.75, 3.05) is 25.2 Å². The molecule has 2 amide bonds. The van der Waals surface area contributed by atoms with Gasteiger partial charge in [-0.25, -0.2) is 4.90 Å². The molecule has 0 saturated carbocycles. The molecule has 6 rings (SSSR count). The quantitative estimate of drug-likeness (QED) is 0.0613. The summed E-state index contributed by atoms with van der Waals surface area (Å²) in [5, 5.41) is 2.12. The molecule has 4 heterocycles. The molecule has 0 aliphatic carbocycles. The molecular formula is C47H61NO5S3. The van der Waals surface area contributed by atoms with E-state index in [0.29, 0.717) is 35.8 Å². The van der Waals surface area contributed by atoms with Crippen LogP contribution < -0.4 is 19.1 Å². The Hall–Kier alpha value is -3.40. The van der Waals surface area contributed by atoms with Crippen LogP contribution in [-0.2, 0) is 10.8 Å². The monoisotopic (exact) mass is 815 g/mol. The van der Waals surface area contributed by atoms with Gasteiger partial charge in [0.1, 0.15) is 17.2 Å². The van der Waals surface area contributed by atoms with Gasteiger partial charge < -0.3 is 14.2 Å². The summed E-state index contributed by atoms with van der Waals surface area (Å²) in [5.74, 6) is 1.67. The van der Waals surface area contributed by atoms with Crippen LogP contribution in [0.25, 0.3) is 29.9 Å². The molecule has 5 aromatic rings. The van der Waals surface area contributed by atoms with E-state index in [1.807, 2.05) is 23.5 Å². The van der Waals surface area contributed by atoms with Crippen LogP contribution in [-0.4, -0.2) is 32.1 Å². The highest BCUT2D eigenvalue weighted by molar-refractivity contribution is 7.27. The lowest BCUT2D eigenvalue weighted by Crippen LogP contribution is -2.30. The third-order valence-corrected chi connectivity index (χ3v) is 15.1. The summed E-state index contributed by atoms with van der Waals surface area (Å²) in [6.07, 6.45) is 14.3. The van der Waals surface area contributed by atoms with Crippen molar-refractivity contribution in [1.82, 2.24) is 0 Å². The molecule has 302 valence electrons. The van der Waals surface area contributed by atoms with Gasteiger partial charge in [-0.2, -0.15) is 0 Å². The number of nitrogens with zero attached hydrogens (tertiary/aromatic N) is 1. The topological polar surface area (TPSA) is 65.1 Å². The molecule has 0 bridgehead atoms. The molecule has 0 radical (unpaired) electrons. The number of hydrogen-bond donors (Lipinski definition) is 0. The zero-order valence-corrected chi connectivity index (χ0v) is 37.5. The summed E-state index contributed by atoms with van der Waals surface area (Å²) in [7, 11) is 1.57. The van der Waals surface area contributed by atoms with Crippen molar-refractivity contribution in [1.29, 1.82) is 0 Å². The van der Waals surface area contributed by atoms with E-state index in [1.165, 1.54) is 61.1 Å². The van der Waals surface area contributed by atoms with E-state index in [4.69, 9.17) is 14.2 Å². The smallest absolute Gasteiger partial charge is 0.267 e. The van der Waals surface area contributed by atoms with Gasteiger partial charge in [-0.1, -0.05) is 132 Å². The minimum atomic E-state index is -0.362. The summed E-state index contributed by atoms with van der Waals surface area (Å²) in [6, 6.07) is 11.8. The molecule has 0 spiro atoms. The molecule has 0 saturated heterocycles. The van der Waals surface area contributed by atoms with Gasteiger partial charge in [-0.3, -0.25) is 9.59 Å². The van der Waals surface area contributed by atoms with E-state index in [-0.39, 0.29) is 22.6 Å². The lowest BCUT2D eigenvalue weighted by atomic mass is 9.90. The first-order chi connectivity index (χ1) is 26.8. The number of unbranched alkanes of at least 4 members (excludes halogenated alkanes) is 10. The van der Waals surface area contributed by atoms with E-state index >= 15 is 0 Å². The van der Waals surface area contributed by atoms with Crippen molar-refractivity contribution < 1.29 is 23.8 Å². The third kappa shape index (κ3) is 8.70. The number of benzene rings is 2. The zero-order valence-electron chi connectivity index (χ0n) is 35.1. The Bertz CT molecular complexity index is 2080. The summed E-state index contributed by atoms with van der Waals surface area (Å²) < 4.78 is 21.5. The number of rotatable bonds is 19. The Morgan fingerprint density at radius 1 is 0.625 bits per heavy atom. The van der Waals surface area contributed by atoms with Crippen molar-refractivity contribution in [3.05, 3.63) is 57.3 Å². The Balaban J connectivity index is 1.49. The maximum Gasteiger partial charge on any atom is 0.267 e. The van der Waals surface area contributed by atoms with Crippen molar-refractivity contribution in [3.8, 4) is 27.0 Å². The van der Waals surface area contributed by atoms with E-state index in [0.717, 1.165) is 72.0 Å². The summed E-state index contributed by atoms with van der Waals surface area (Å²) in [6.45, 7) is 18.9. The molecule has 3 aromatic heterocycles. The van der Waals surface area contributed by atoms with Crippen LogP contribution in [0.5, 0.6) is 17.2 Å². The Labute approximate surface area is 346 Å². The first-order valence-corrected chi connectivity index (χ1v) is 23.2. The average molecular weight is 816 g/mol. The summed E-state index contributed by atoms with van der Waals surface area (Å²) >= 11 is 5.03. The molecule has 9 heteroatoms. The highest BCUT2D eigenvalue weighted by atomic mass is 32.1. The molecule has 0 atom stereocenters. The van der Waals surface area contributed by atoms with Crippen LogP contribution in [0.3, 0.4) is 0 Å². The number of amides is 2. The third-order valence-electron chi connectivity index (χ3n) is 10.6. The van der Waals surface area contributed by atoms with Gasteiger partial charge in [0.25, 0.3) is 11.8 Å². The number of imide groups is 1. The highest BCUT2D eigenvalue weighted by Gasteiger charge is 2.46. The molecule has 0 N–H and O–H groups in total. The summed E-state index contributed by atoms with van der Waals surface area (Å²) in [4.78, 5) is 34.3. The average Bonchev–Trinajstić information content (AvgIpc) is 3.94. The molecular weight excluding hydrogens is 755 g/mol. The molecule has 6 nitrogen and oxygen atoms in total. The minimum Gasteiger partial charge on any atom is -0.495 e. The second-order valence-electron chi connectivity index (χ2n) is 17.2. The Kier molecular flexibility index (Phi) is 13.6. The van der Waals surface area contributed by atoms with Crippen molar-refractivity contribution in [3.63, 3.8) is 0 Å². The van der Waals surface area contributed by atoms with E-state index in [1.54, 1.807) is 41.9 Å². The number of carbonyl (C=O) groups is 2. The predicted octanol–water partition coefficient (Wildman–Crippen LogP) is 14.7. The number of thiophene rings is 3. The molecule has 1 aliphatic heterocycles. The summed E-state index contributed by atoms with van der Waals surface area (Å²) in [5.41, 5.74) is 1.04. The fraction of sp³-hybridized carbons (Fsp3) is 0.532. The van der Waals surface area contributed by atoms with E-state index in [2.05, 4.69) is 67.5 Å². The number of para-hydroxylation sites is 2. The molecule has 0 fully saturated rings. The molecule has 2 aromatic carbocycles. The second kappa shape index (κ2) is 18.0. The number of hydrogen-bond acceptors (Lipinski definition) is 8. The normalized spacial score (nSPS) is 13.4. The van der Waals surface area contributed by atoms with Crippen molar-refractivity contribution in [2.24, 2.45) is 0 Å². The van der Waals surface area contributed by atoms with E-state index in [9.17, 15) is 9.59 Å². The highest BCUT2D eigenvalue weighted by Crippen LogP contribution is 2.55. The molecule has 1 aliphatic rings. The molecule has 0 unspecified atom stereocenters. The lowest BCUT2D eigenvalue weighted by Gasteiger charge is -2.20. The van der Waals surface area contributed by atoms with Crippen LogP contribution in [0.4, 0.5) is 5.69 Å². The first kappa shape index (κ1) is 42.2. The van der Waals surface area contributed by atoms with E-state index < -0.39 is 0 Å². The van der Waals surface area contributed by atoms with Crippen LogP contribution in [0.2, 0.25) is 0 Å². The maximum absolute atomic E-state index is 14.6. The predicted molar refractivity (Wildman–Crippen MR) is 240 cm³/mol. The van der Waals surface area contributed by atoms with Gasteiger partial charge in [-0.15, -0.1) is 34.0 Å². The van der Waals surface area contributed by atoms with Gasteiger partial charge in [0.05, 0.1) is 51.4 Å².